The Morgan fingerprint density at radius 3 is 1.50 bits per heavy atom. The molecule has 0 saturated carbocycles. The van der Waals surface area contributed by atoms with E-state index < -0.39 is 33.7 Å². The summed E-state index contributed by atoms with van der Waals surface area (Å²) in [6.45, 7) is 13.6. The molecular formula is C37H62AlN2NaO9S2. The molecule has 52 heavy (non-hydrogen) atoms. The van der Waals surface area contributed by atoms with Gasteiger partial charge in [-0.2, -0.15) is 8.42 Å². The second kappa shape index (κ2) is 30.4. The molecule has 0 amide bonds. The molecule has 0 aromatic heterocycles. The summed E-state index contributed by atoms with van der Waals surface area (Å²) in [5, 5.41) is 4.86. The van der Waals surface area contributed by atoms with Crippen LogP contribution in [0.5, 0.6) is 11.5 Å². The minimum absolute atomic E-state index is 0. The molecule has 0 spiro atoms. The van der Waals surface area contributed by atoms with Crippen molar-refractivity contribution in [2.45, 2.75) is 105 Å². The summed E-state index contributed by atoms with van der Waals surface area (Å²) in [5.74, 6) is 0.0857. The van der Waals surface area contributed by atoms with Gasteiger partial charge in [-0.25, -0.2) is 0 Å². The van der Waals surface area contributed by atoms with Crippen molar-refractivity contribution in [1.29, 1.82) is 0 Å². The number of hydrogen-bond acceptors (Lipinski definition) is 9. The first-order valence-electron chi connectivity index (χ1n) is 17.7. The Kier molecular flexibility index (Phi) is 30.6. The average molecular weight is 793 g/mol. The van der Waals surface area contributed by atoms with Crippen LogP contribution in [0.25, 0.3) is 0 Å². The third-order valence-electron chi connectivity index (χ3n) is 7.85. The normalized spacial score (nSPS) is 12.2. The van der Waals surface area contributed by atoms with Gasteiger partial charge in [-0.15, -0.1) is 0 Å². The average Bonchev–Trinajstić information content (AvgIpc) is 3.09. The van der Waals surface area contributed by atoms with Crippen LogP contribution in [-0.4, -0.2) is 79.1 Å². The number of rotatable bonds is 22. The van der Waals surface area contributed by atoms with E-state index >= 15 is 0 Å². The standard InChI is InChI=1S/C20H38O7S.C17H20N2O2S.Al.Na.4H/c1-5-9-11-16(7-3)14-26-19(21)13-18(28(23,24)25)20(22)27-15-17(8-4)12-10-6-2;1-3-20-15-9-5-13(6-10-15)18-17(22)19-14-7-11-16(12-8-14)21-4-2;;;;;;/h16-18H,5-15H2,1-4H3,(H,23,24,25);5-12H,3-4H2,1-2H3,(H2,18,19,22);;;;;;/q;;;+1;;;;-1. The maximum absolute atomic E-state index is 12.2. The molecule has 3 unspecified atom stereocenters. The monoisotopic (exact) mass is 792 g/mol. The van der Waals surface area contributed by atoms with Gasteiger partial charge in [0, 0.05) is 11.4 Å². The quantitative estimate of drug-likeness (QED) is 0.0673. The molecule has 0 aliphatic rings. The van der Waals surface area contributed by atoms with Crippen LogP contribution in [0.2, 0.25) is 0 Å². The van der Waals surface area contributed by atoms with E-state index in [9.17, 15) is 22.6 Å². The number of ether oxygens (including phenoxy) is 4. The Labute approximate surface area is 351 Å². The molecule has 0 saturated heterocycles. The molecule has 0 bridgehead atoms. The van der Waals surface area contributed by atoms with Crippen molar-refractivity contribution in [3.05, 3.63) is 48.5 Å². The van der Waals surface area contributed by atoms with Gasteiger partial charge in [0.15, 0.2) is 27.7 Å². The SMILES string of the molecule is CCCCC(CC)COC(=O)CC(C(=O)OCC(CC)CCCC)S(=O)(=O)O.CCOc1ccc(NC(=S)Nc2ccc(OCC)cc2)cc1.[AlH3].[H-].[Na+]. The fourth-order valence-corrected chi connectivity index (χ4v) is 5.61. The van der Waals surface area contributed by atoms with E-state index in [2.05, 4.69) is 24.5 Å². The second-order valence-electron chi connectivity index (χ2n) is 11.8. The zero-order valence-electron chi connectivity index (χ0n) is 32.6. The molecule has 11 nitrogen and oxygen atoms in total. The fraction of sp³-hybridized carbons (Fsp3) is 0.595. The molecule has 0 heterocycles. The first kappa shape index (κ1) is 52.2. The largest absolute Gasteiger partial charge is 1.00 e. The van der Waals surface area contributed by atoms with E-state index in [1.165, 1.54) is 0 Å². The molecular weight excluding hydrogens is 731 g/mol. The minimum atomic E-state index is -4.76. The van der Waals surface area contributed by atoms with Crippen molar-refractivity contribution >= 4 is 68.1 Å². The summed E-state index contributed by atoms with van der Waals surface area (Å²) < 4.78 is 53.6. The first-order valence-corrected chi connectivity index (χ1v) is 19.6. The van der Waals surface area contributed by atoms with Crippen LogP contribution in [0, 0.1) is 11.8 Å². The van der Waals surface area contributed by atoms with Crippen molar-refractivity contribution in [2.24, 2.45) is 11.8 Å². The summed E-state index contributed by atoms with van der Waals surface area (Å²) >= 11 is 5.30. The van der Waals surface area contributed by atoms with Gasteiger partial charge >= 0.3 is 41.5 Å². The van der Waals surface area contributed by atoms with Gasteiger partial charge in [0.1, 0.15) is 11.5 Å². The van der Waals surface area contributed by atoms with E-state index in [0.717, 1.165) is 74.2 Å². The van der Waals surface area contributed by atoms with Gasteiger partial charge in [-0.05, 0) is 99.3 Å². The Balaban J connectivity index is -0.000000911. The number of anilines is 2. The number of carbonyl (C=O) groups excluding carboxylic acids is 2. The van der Waals surface area contributed by atoms with Crippen LogP contribution in [0.1, 0.15) is 101 Å². The Morgan fingerprint density at radius 1 is 0.750 bits per heavy atom. The molecule has 2 aromatic carbocycles. The van der Waals surface area contributed by atoms with Crippen LogP contribution < -0.4 is 49.7 Å². The summed E-state index contributed by atoms with van der Waals surface area (Å²) in [5.41, 5.74) is 1.82. The predicted molar refractivity (Wildman–Crippen MR) is 215 cm³/mol. The zero-order chi connectivity index (χ0) is 37.4. The number of benzene rings is 2. The van der Waals surface area contributed by atoms with E-state index in [-0.39, 0.29) is 73.4 Å². The number of hydrogen-bond donors (Lipinski definition) is 3. The van der Waals surface area contributed by atoms with E-state index in [0.29, 0.717) is 18.3 Å². The molecule has 0 aliphatic carbocycles. The minimum Gasteiger partial charge on any atom is -1.00 e. The van der Waals surface area contributed by atoms with Gasteiger partial charge in [-0.1, -0.05) is 66.2 Å². The predicted octanol–water partition coefficient (Wildman–Crippen LogP) is 4.38. The van der Waals surface area contributed by atoms with Crippen molar-refractivity contribution in [2.75, 3.05) is 37.1 Å². The van der Waals surface area contributed by atoms with E-state index in [1.807, 2.05) is 76.2 Å². The van der Waals surface area contributed by atoms with Gasteiger partial charge < -0.3 is 31.0 Å². The second-order valence-corrected chi connectivity index (χ2v) is 13.9. The van der Waals surface area contributed by atoms with Crippen LogP contribution in [-0.2, 0) is 29.2 Å². The smallest absolute Gasteiger partial charge is 1.00 e. The van der Waals surface area contributed by atoms with Gasteiger partial charge in [0.25, 0.3) is 10.1 Å². The molecule has 0 fully saturated rings. The fourth-order valence-electron chi connectivity index (χ4n) is 4.72. The topological polar surface area (TPSA) is 149 Å². The molecule has 15 heteroatoms. The maximum atomic E-state index is 12.2. The summed E-state index contributed by atoms with van der Waals surface area (Å²) in [7, 11) is -4.76. The number of unbranched alkanes of at least 4 members (excludes halogenated alkanes) is 2. The molecule has 2 rings (SSSR count). The third-order valence-corrected chi connectivity index (χ3v) is 9.13. The van der Waals surface area contributed by atoms with Crippen LogP contribution >= 0.6 is 12.2 Å². The molecule has 3 N–H and O–H groups in total. The number of thiocarbonyl (C=S) groups is 1. The maximum Gasteiger partial charge on any atom is 1.00 e. The van der Waals surface area contributed by atoms with Crippen LogP contribution in [0.4, 0.5) is 11.4 Å². The van der Waals surface area contributed by atoms with Crippen molar-refractivity contribution in [3.63, 3.8) is 0 Å². The van der Waals surface area contributed by atoms with Gasteiger partial charge in [0.05, 0.1) is 32.8 Å². The van der Waals surface area contributed by atoms with Gasteiger partial charge in [0.2, 0.25) is 0 Å². The Hall–Kier alpha value is -1.89. The molecule has 2 aromatic rings. The molecule has 0 aliphatic heterocycles. The van der Waals surface area contributed by atoms with E-state index in [4.69, 9.17) is 31.2 Å². The number of esters is 2. The van der Waals surface area contributed by atoms with Crippen molar-refractivity contribution in [1.82, 2.24) is 0 Å². The number of carbonyl (C=O) groups is 2. The first-order chi connectivity index (χ1) is 23.9. The molecule has 3 atom stereocenters. The third kappa shape index (κ3) is 23.0. The molecule has 290 valence electrons. The van der Waals surface area contributed by atoms with Gasteiger partial charge in [-0.3, -0.25) is 14.1 Å². The summed E-state index contributed by atoms with van der Waals surface area (Å²) in [6, 6.07) is 15.3. The van der Waals surface area contributed by atoms with Crippen LogP contribution in [0.3, 0.4) is 0 Å². The zero-order valence-corrected chi connectivity index (χ0v) is 35.2. The summed E-state index contributed by atoms with van der Waals surface area (Å²) in [6.07, 6.45) is 6.74. The molecule has 0 radical (unpaired) electrons. The summed E-state index contributed by atoms with van der Waals surface area (Å²) in [4.78, 5) is 24.2. The van der Waals surface area contributed by atoms with E-state index in [1.54, 1.807) is 0 Å². The van der Waals surface area contributed by atoms with Crippen LogP contribution in [0.15, 0.2) is 48.5 Å². The van der Waals surface area contributed by atoms with Crippen molar-refractivity contribution < 1.29 is 72.5 Å². The van der Waals surface area contributed by atoms with Crippen molar-refractivity contribution in [3.8, 4) is 11.5 Å². The Bertz CT molecular complexity index is 1320. The Morgan fingerprint density at radius 2 is 1.15 bits per heavy atom. The number of nitrogens with one attached hydrogen (secondary N) is 2.